The van der Waals surface area contributed by atoms with Crippen LogP contribution in [0, 0.1) is 5.41 Å². The minimum Gasteiger partial charge on any atom is -0.477 e. The first kappa shape index (κ1) is 21.5. The summed E-state index contributed by atoms with van der Waals surface area (Å²) in [7, 11) is 0. The quantitative estimate of drug-likeness (QED) is 0.400. The topological polar surface area (TPSA) is 72.9 Å². The summed E-state index contributed by atoms with van der Waals surface area (Å²) in [6.07, 6.45) is 5.23. The molecule has 1 aliphatic rings. The number of carbonyl (C=O) groups is 1. The number of furan rings is 1. The van der Waals surface area contributed by atoms with Gasteiger partial charge in [0.05, 0.1) is 12.8 Å². The molecule has 4 heterocycles. The first-order valence-electron chi connectivity index (χ1n) is 11.6. The van der Waals surface area contributed by atoms with Crippen molar-refractivity contribution in [2.75, 3.05) is 13.2 Å². The molecular formula is C26H30N4O3. The molecular weight excluding hydrogens is 416 g/mol. The van der Waals surface area contributed by atoms with Crippen molar-refractivity contribution in [3.8, 4) is 17.3 Å². The number of amides is 1. The van der Waals surface area contributed by atoms with E-state index in [9.17, 15) is 4.79 Å². The highest BCUT2D eigenvalue weighted by molar-refractivity contribution is 5.82. The Morgan fingerprint density at radius 2 is 2.06 bits per heavy atom. The molecule has 7 nitrogen and oxygen atoms in total. The van der Waals surface area contributed by atoms with E-state index in [1.165, 1.54) is 0 Å². The number of ether oxygens (including phenoxy) is 1. The Labute approximate surface area is 193 Å². The lowest BCUT2D eigenvalue weighted by atomic mass is 9.91. The van der Waals surface area contributed by atoms with E-state index in [-0.39, 0.29) is 17.4 Å². The van der Waals surface area contributed by atoms with Crippen molar-refractivity contribution in [2.45, 2.75) is 52.5 Å². The number of hydrogen-bond acceptors (Lipinski definition) is 5. The number of hydrogen-bond donors (Lipinski definition) is 0. The summed E-state index contributed by atoms with van der Waals surface area (Å²) in [4.78, 5) is 19.2. The van der Waals surface area contributed by atoms with Gasteiger partial charge in [-0.15, -0.1) is 5.10 Å². The summed E-state index contributed by atoms with van der Waals surface area (Å²) >= 11 is 0. The summed E-state index contributed by atoms with van der Waals surface area (Å²) in [5, 5.41) is 5.68. The maximum Gasteiger partial charge on any atom is 0.231 e. The van der Waals surface area contributed by atoms with Crippen LogP contribution < -0.4 is 4.74 Å². The molecule has 3 aromatic heterocycles. The first-order valence-corrected chi connectivity index (χ1v) is 11.6. The van der Waals surface area contributed by atoms with Gasteiger partial charge in [-0.05, 0) is 36.5 Å². The van der Waals surface area contributed by atoms with Gasteiger partial charge < -0.3 is 14.1 Å². The van der Waals surface area contributed by atoms with E-state index in [0.29, 0.717) is 24.7 Å². The van der Waals surface area contributed by atoms with Crippen molar-refractivity contribution in [2.24, 2.45) is 5.41 Å². The van der Waals surface area contributed by atoms with Crippen LogP contribution in [-0.2, 0) is 4.79 Å². The number of para-hydroxylation sites is 1. The van der Waals surface area contributed by atoms with Crippen molar-refractivity contribution in [1.29, 1.82) is 0 Å². The maximum absolute atomic E-state index is 12.7. The average molecular weight is 447 g/mol. The van der Waals surface area contributed by atoms with Crippen molar-refractivity contribution in [3.63, 3.8) is 0 Å². The molecule has 1 fully saturated rings. The number of imidazole rings is 1. The highest BCUT2D eigenvalue weighted by atomic mass is 16.5. The predicted molar refractivity (Wildman–Crippen MR) is 127 cm³/mol. The minimum atomic E-state index is 0.00238. The second-order valence-corrected chi connectivity index (χ2v) is 9.99. The van der Waals surface area contributed by atoms with Gasteiger partial charge in [0.15, 0.2) is 11.4 Å². The highest BCUT2D eigenvalue weighted by Crippen LogP contribution is 2.29. The van der Waals surface area contributed by atoms with Crippen LogP contribution in [-0.4, -0.2) is 44.6 Å². The van der Waals surface area contributed by atoms with Crippen LogP contribution in [0.5, 0.6) is 5.88 Å². The van der Waals surface area contributed by atoms with Crippen molar-refractivity contribution >= 4 is 22.5 Å². The molecule has 1 unspecified atom stereocenters. The van der Waals surface area contributed by atoms with E-state index >= 15 is 0 Å². The SMILES string of the molecule is CC(C)(C)CC(=O)N1CCCC1CCOc1ccc2ncc(-c3cc4ccccc4o3)n2n1. The molecule has 33 heavy (non-hydrogen) atoms. The molecule has 1 aliphatic heterocycles. The van der Waals surface area contributed by atoms with E-state index in [1.54, 1.807) is 10.7 Å². The lowest BCUT2D eigenvalue weighted by molar-refractivity contribution is -0.134. The number of carbonyl (C=O) groups excluding carboxylic acids is 1. The summed E-state index contributed by atoms with van der Waals surface area (Å²) < 4.78 is 13.7. The van der Waals surface area contributed by atoms with E-state index in [2.05, 4.69) is 30.9 Å². The van der Waals surface area contributed by atoms with Crippen LogP contribution in [0.15, 0.2) is 53.1 Å². The molecule has 1 atom stereocenters. The summed E-state index contributed by atoms with van der Waals surface area (Å²) in [5.74, 6) is 1.49. The van der Waals surface area contributed by atoms with Gasteiger partial charge in [0.2, 0.25) is 11.8 Å². The average Bonchev–Trinajstić information content (AvgIpc) is 3.49. The number of rotatable bonds is 6. The Bertz CT molecular complexity index is 1250. The monoisotopic (exact) mass is 446 g/mol. The van der Waals surface area contributed by atoms with E-state index in [1.807, 2.05) is 47.4 Å². The maximum atomic E-state index is 12.7. The third-order valence-electron chi connectivity index (χ3n) is 6.10. The number of nitrogens with zero attached hydrogens (tertiary/aromatic N) is 4. The third kappa shape index (κ3) is 4.58. The summed E-state index contributed by atoms with van der Waals surface area (Å²) in [6, 6.07) is 13.9. The van der Waals surface area contributed by atoms with Crippen LogP contribution in [0.3, 0.4) is 0 Å². The normalized spacial score (nSPS) is 16.7. The standard InChI is InChI=1S/C26H30N4O3/c1-26(2,3)16-25(31)29-13-6-8-19(29)12-14-32-24-11-10-23-27-17-20(30(23)28-24)22-15-18-7-4-5-9-21(18)33-22/h4-5,7,9-11,15,17,19H,6,8,12-14,16H2,1-3H3. The Morgan fingerprint density at radius 3 is 2.88 bits per heavy atom. The van der Waals surface area contributed by atoms with Crippen molar-refractivity contribution < 1.29 is 13.9 Å². The molecule has 0 N–H and O–H groups in total. The van der Waals surface area contributed by atoms with Crippen LogP contribution in [0.4, 0.5) is 0 Å². The lowest BCUT2D eigenvalue weighted by Gasteiger charge is -2.28. The van der Waals surface area contributed by atoms with Gasteiger partial charge in [-0.2, -0.15) is 0 Å². The lowest BCUT2D eigenvalue weighted by Crippen LogP contribution is -2.38. The van der Waals surface area contributed by atoms with Crippen LogP contribution in [0.2, 0.25) is 0 Å². The summed E-state index contributed by atoms with van der Waals surface area (Å²) in [5.41, 5.74) is 2.34. The van der Waals surface area contributed by atoms with Crippen LogP contribution in [0.25, 0.3) is 28.1 Å². The fraction of sp³-hybridized carbons (Fsp3) is 0.423. The zero-order valence-corrected chi connectivity index (χ0v) is 19.5. The fourth-order valence-corrected chi connectivity index (χ4v) is 4.53. The van der Waals surface area contributed by atoms with Gasteiger partial charge >= 0.3 is 0 Å². The molecule has 172 valence electrons. The minimum absolute atomic E-state index is 0.00238. The van der Waals surface area contributed by atoms with E-state index in [0.717, 1.165) is 48.1 Å². The molecule has 0 bridgehead atoms. The molecule has 5 rings (SSSR count). The zero-order valence-electron chi connectivity index (χ0n) is 19.5. The van der Waals surface area contributed by atoms with Gasteiger partial charge in [-0.3, -0.25) is 4.79 Å². The van der Waals surface area contributed by atoms with E-state index in [4.69, 9.17) is 9.15 Å². The molecule has 7 heteroatoms. The second-order valence-electron chi connectivity index (χ2n) is 9.99. The number of benzene rings is 1. The Morgan fingerprint density at radius 1 is 1.21 bits per heavy atom. The second kappa shape index (κ2) is 8.54. The van der Waals surface area contributed by atoms with Gasteiger partial charge in [-0.1, -0.05) is 39.0 Å². The van der Waals surface area contributed by atoms with Gasteiger partial charge in [0.25, 0.3) is 0 Å². The molecule has 1 aromatic carbocycles. The van der Waals surface area contributed by atoms with Crippen LogP contribution in [0.1, 0.15) is 46.5 Å². The molecule has 0 radical (unpaired) electrons. The Hall–Kier alpha value is -3.35. The predicted octanol–water partition coefficient (Wildman–Crippen LogP) is 5.34. The molecule has 0 saturated carbocycles. The number of likely N-dealkylation sites (tertiary alicyclic amines) is 1. The van der Waals surface area contributed by atoms with Crippen molar-refractivity contribution in [1.82, 2.24) is 19.5 Å². The van der Waals surface area contributed by atoms with Gasteiger partial charge in [-0.25, -0.2) is 9.50 Å². The fourth-order valence-electron chi connectivity index (χ4n) is 4.53. The molecule has 0 spiro atoms. The smallest absolute Gasteiger partial charge is 0.231 e. The molecule has 1 amide bonds. The largest absolute Gasteiger partial charge is 0.477 e. The third-order valence-corrected chi connectivity index (χ3v) is 6.10. The Kier molecular flexibility index (Phi) is 5.56. The van der Waals surface area contributed by atoms with Crippen LogP contribution >= 0.6 is 0 Å². The summed E-state index contributed by atoms with van der Waals surface area (Å²) in [6.45, 7) is 7.68. The zero-order chi connectivity index (χ0) is 23.0. The number of aromatic nitrogens is 3. The highest BCUT2D eigenvalue weighted by Gasteiger charge is 2.30. The van der Waals surface area contributed by atoms with E-state index < -0.39 is 0 Å². The molecule has 0 aliphatic carbocycles. The number of fused-ring (bicyclic) bond motifs is 2. The Balaban J connectivity index is 1.27. The first-order chi connectivity index (χ1) is 15.9. The molecule has 4 aromatic rings. The van der Waals surface area contributed by atoms with Gasteiger partial charge in [0, 0.05) is 36.9 Å². The van der Waals surface area contributed by atoms with Gasteiger partial charge in [0.1, 0.15) is 11.3 Å². The molecule has 1 saturated heterocycles. The van der Waals surface area contributed by atoms with Crippen molar-refractivity contribution in [3.05, 3.63) is 48.7 Å².